The van der Waals surface area contributed by atoms with Gasteiger partial charge >= 0.3 is 6.36 Å². The Morgan fingerprint density at radius 2 is 1.59 bits per heavy atom. The maximum Gasteiger partial charge on any atom is 0.573 e. The molecule has 5 nitrogen and oxygen atoms in total. The number of ether oxygens (including phenoxy) is 1. The molecule has 1 N–H and O–H groups in total. The topological polar surface area (TPSA) is 72.5 Å². The molecule has 1 amide bonds. The molecule has 0 aliphatic heterocycles. The second-order valence-electron chi connectivity index (χ2n) is 7.09. The lowest BCUT2D eigenvalue weighted by Gasteiger charge is -2.16. The first-order chi connectivity index (χ1) is 15.9. The second kappa shape index (κ2) is 10.2. The fraction of sp³-hybridized carbons (Fsp3) is 0.174. The molecule has 0 atom stereocenters. The summed E-state index contributed by atoms with van der Waals surface area (Å²) in [4.78, 5) is 12.8. The molecule has 0 heterocycles. The van der Waals surface area contributed by atoms with Crippen LogP contribution in [-0.4, -0.2) is 26.4 Å². The first-order valence-electron chi connectivity index (χ1n) is 9.85. The normalized spacial score (nSPS) is 11.8. The van der Waals surface area contributed by atoms with Gasteiger partial charge in [-0.1, -0.05) is 60.5 Å². The number of hydrogen-bond acceptors (Lipinski definition) is 4. The van der Waals surface area contributed by atoms with Crippen molar-refractivity contribution in [1.29, 1.82) is 0 Å². The number of benzene rings is 3. The van der Waals surface area contributed by atoms with E-state index < -0.39 is 27.9 Å². The van der Waals surface area contributed by atoms with Gasteiger partial charge in [-0.2, -0.15) is 0 Å². The number of halogens is 5. The van der Waals surface area contributed by atoms with E-state index in [0.29, 0.717) is 5.56 Å². The number of amides is 1. The summed E-state index contributed by atoms with van der Waals surface area (Å²) in [6.45, 7) is 1.65. The molecule has 0 spiro atoms. The maximum atomic E-state index is 12.8. The highest BCUT2D eigenvalue weighted by atomic mass is 35.5. The van der Waals surface area contributed by atoms with Gasteiger partial charge in [0.2, 0.25) is 0 Å². The van der Waals surface area contributed by atoms with E-state index >= 15 is 0 Å². The minimum absolute atomic E-state index is 0.0175. The molecule has 0 radical (unpaired) electrons. The van der Waals surface area contributed by atoms with E-state index in [1.54, 1.807) is 19.1 Å². The minimum atomic E-state index is -4.91. The summed E-state index contributed by atoms with van der Waals surface area (Å²) in [6.07, 6.45) is -4.91. The number of alkyl halides is 3. The van der Waals surface area contributed by atoms with Crippen LogP contribution in [0.2, 0.25) is 10.0 Å². The summed E-state index contributed by atoms with van der Waals surface area (Å²) in [5.41, 5.74) is 0.866. The first kappa shape index (κ1) is 25.9. The van der Waals surface area contributed by atoms with Crippen molar-refractivity contribution in [1.82, 2.24) is 5.32 Å². The van der Waals surface area contributed by atoms with Crippen LogP contribution in [0.1, 0.15) is 22.8 Å². The van der Waals surface area contributed by atoms with Gasteiger partial charge in [0.15, 0.2) is 9.84 Å². The summed E-state index contributed by atoms with van der Waals surface area (Å²) in [5.74, 6) is -1.03. The third-order valence-corrected chi connectivity index (χ3v) is 7.15. The number of nitrogens with one attached hydrogen (secondary N) is 1. The maximum absolute atomic E-state index is 12.8. The molecule has 34 heavy (non-hydrogen) atoms. The Hall–Kier alpha value is -2.75. The van der Waals surface area contributed by atoms with Crippen LogP contribution in [0.25, 0.3) is 11.1 Å². The minimum Gasteiger partial charge on any atom is -0.405 e. The van der Waals surface area contributed by atoms with Crippen LogP contribution >= 0.6 is 23.2 Å². The number of hydrogen-bond donors (Lipinski definition) is 1. The van der Waals surface area contributed by atoms with E-state index in [9.17, 15) is 26.4 Å². The van der Waals surface area contributed by atoms with Crippen molar-refractivity contribution in [2.75, 3.05) is 5.75 Å². The molecular weight excluding hydrogens is 514 g/mol. The molecule has 0 aromatic heterocycles. The number of carbonyl (C=O) groups excluding carboxylic acids is 1. The number of rotatable bonds is 7. The lowest BCUT2D eigenvalue weighted by molar-refractivity contribution is -0.274. The summed E-state index contributed by atoms with van der Waals surface area (Å²) >= 11 is 12.6. The van der Waals surface area contributed by atoms with Crippen molar-refractivity contribution in [3.8, 4) is 16.9 Å². The zero-order valence-corrected chi connectivity index (χ0v) is 19.9. The Labute approximate surface area is 204 Å². The average Bonchev–Trinajstić information content (AvgIpc) is 2.77. The largest absolute Gasteiger partial charge is 0.573 e. The molecule has 0 unspecified atom stereocenters. The summed E-state index contributed by atoms with van der Waals surface area (Å²) in [7, 11) is -3.33. The van der Waals surface area contributed by atoms with Crippen molar-refractivity contribution in [3.63, 3.8) is 0 Å². The number of sulfone groups is 1. The Bertz CT molecular complexity index is 1290. The summed E-state index contributed by atoms with van der Waals surface area (Å²) < 4.78 is 66.1. The van der Waals surface area contributed by atoms with Gasteiger partial charge in [-0.3, -0.25) is 4.79 Å². The molecule has 3 rings (SSSR count). The first-order valence-corrected chi connectivity index (χ1v) is 12.3. The predicted molar refractivity (Wildman–Crippen MR) is 124 cm³/mol. The molecule has 0 saturated carbocycles. The van der Waals surface area contributed by atoms with Crippen LogP contribution in [0.15, 0.2) is 65.6 Å². The molecule has 11 heteroatoms. The van der Waals surface area contributed by atoms with Gasteiger partial charge in [0.05, 0.1) is 20.7 Å². The van der Waals surface area contributed by atoms with Crippen LogP contribution in [0, 0.1) is 0 Å². The molecule has 0 aliphatic carbocycles. The van der Waals surface area contributed by atoms with E-state index in [1.807, 2.05) is 0 Å². The second-order valence-corrected chi connectivity index (χ2v) is 10.2. The van der Waals surface area contributed by atoms with Crippen molar-refractivity contribution < 1.29 is 31.1 Å². The molecule has 180 valence electrons. The van der Waals surface area contributed by atoms with Gasteiger partial charge < -0.3 is 10.1 Å². The summed E-state index contributed by atoms with van der Waals surface area (Å²) in [6, 6.07) is 14.1. The van der Waals surface area contributed by atoms with E-state index in [2.05, 4.69) is 10.1 Å². The fourth-order valence-corrected chi connectivity index (χ4v) is 4.69. The van der Waals surface area contributed by atoms with Gasteiger partial charge in [-0.15, -0.1) is 13.2 Å². The molecular formula is C23H18Cl2F3NO4S. The smallest absolute Gasteiger partial charge is 0.405 e. The highest BCUT2D eigenvalue weighted by molar-refractivity contribution is 7.91. The SMILES string of the molecule is CCS(=O)(=O)c1ccc(CNC(=O)c2cc(Cl)c(-c3ccccc3OC(F)(F)F)c(Cl)c2)cc1. The van der Waals surface area contributed by atoms with Gasteiger partial charge in [0, 0.05) is 23.2 Å². The Balaban J connectivity index is 1.80. The molecule has 0 fully saturated rings. The van der Waals surface area contributed by atoms with E-state index in [4.69, 9.17) is 23.2 Å². The monoisotopic (exact) mass is 531 g/mol. The van der Waals surface area contributed by atoms with E-state index in [0.717, 1.165) is 6.07 Å². The highest BCUT2D eigenvalue weighted by Gasteiger charge is 2.32. The van der Waals surface area contributed by atoms with Crippen LogP contribution in [0.4, 0.5) is 13.2 Å². The van der Waals surface area contributed by atoms with Crippen LogP contribution in [0.5, 0.6) is 5.75 Å². The molecule has 0 saturated heterocycles. The molecule has 0 bridgehead atoms. The standard InChI is InChI=1S/C23H18Cl2F3NO4S/c1-2-34(31,32)16-9-7-14(8-10-16)13-29-22(30)15-11-18(24)21(19(25)12-15)17-5-3-4-6-20(17)33-23(26,27)28/h3-12H,2,13H2,1H3,(H,29,30). The Morgan fingerprint density at radius 1 is 1.00 bits per heavy atom. The van der Waals surface area contributed by atoms with Crippen molar-refractivity contribution in [2.45, 2.75) is 24.7 Å². The zero-order valence-electron chi connectivity index (χ0n) is 17.6. The molecule has 3 aromatic rings. The van der Waals surface area contributed by atoms with Gasteiger partial charge in [-0.05, 0) is 35.9 Å². The predicted octanol–water partition coefficient (Wildman–Crippen LogP) is 6.28. The van der Waals surface area contributed by atoms with Crippen LogP contribution in [0.3, 0.4) is 0 Å². The molecule has 3 aromatic carbocycles. The van der Waals surface area contributed by atoms with Gasteiger partial charge in [0.1, 0.15) is 5.75 Å². The quantitative estimate of drug-likeness (QED) is 0.389. The summed E-state index contributed by atoms with van der Waals surface area (Å²) in [5, 5.41) is 2.59. The lowest BCUT2D eigenvalue weighted by Crippen LogP contribution is -2.23. The van der Waals surface area contributed by atoms with Crippen molar-refractivity contribution >= 4 is 38.9 Å². The zero-order chi connectivity index (χ0) is 25.1. The Kier molecular flexibility index (Phi) is 7.80. The highest BCUT2D eigenvalue weighted by Crippen LogP contribution is 2.41. The van der Waals surface area contributed by atoms with Gasteiger partial charge in [0.25, 0.3) is 5.91 Å². The Morgan fingerprint density at radius 3 is 2.15 bits per heavy atom. The molecule has 0 aliphatic rings. The van der Waals surface area contributed by atoms with Crippen molar-refractivity contribution in [2.24, 2.45) is 0 Å². The third kappa shape index (κ3) is 6.22. The number of carbonyl (C=O) groups is 1. The van der Waals surface area contributed by atoms with Gasteiger partial charge in [-0.25, -0.2) is 8.42 Å². The average molecular weight is 532 g/mol. The van der Waals surface area contributed by atoms with E-state index in [1.165, 1.54) is 42.5 Å². The van der Waals surface area contributed by atoms with Crippen molar-refractivity contribution in [3.05, 3.63) is 81.8 Å². The lowest BCUT2D eigenvalue weighted by atomic mass is 10.0. The third-order valence-electron chi connectivity index (χ3n) is 4.80. The van der Waals surface area contributed by atoms with Crippen LogP contribution in [-0.2, 0) is 16.4 Å². The fourth-order valence-electron chi connectivity index (χ4n) is 3.11. The number of para-hydroxylation sites is 1. The van der Waals surface area contributed by atoms with E-state index in [-0.39, 0.29) is 43.9 Å². The van der Waals surface area contributed by atoms with Crippen LogP contribution < -0.4 is 10.1 Å².